The lowest BCUT2D eigenvalue weighted by atomic mass is 10.0. The Hall–Kier alpha value is -2.07. The van der Waals surface area contributed by atoms with Crippen LogP contribution in [0.2, 0.25) is 0 Å². The Morgan fingerprint density at radius 1 is 1.20 bits per heavy atom. The van der Waals surface area contributed by atoms with Crippen LogP contribution in [-0.4, -0.2) is 11.8 Å². The number of rotatable bonds is 6. The second kappa shape index (κ2) is 7.87. The Labute approximate surface area is 155 Å². The number of anilines is 1. The van der Waals surface area contributed by atoms with E-state index in [9.17, 15) is 0 Å². The average Bonchev–Trinajstić information content (AvgIpc) is 3.40. The van der Waals surface area contributed by atoms with Crippen molar-refractivity contribution in [2.45, 2.75) is 46.1 Å². The van der Waals surface area contributed by atoms with Crippen LogP contribution >= 0.6 is 12.2 Å². The fraction of sp³-hybridized carbons (Fsp3) is 0.381. The molecule has 3 rings (SSSR count). The van der Waals surface area contributed by atoms with E-state index in [1.165, 1.54) is 29.5 Å². The summed E-state index contributed by atoms with van der Waals surface area (Å²) in [5.74, 6) is 1.56. The minimum Gasteiger partial charge on any atom is -0.489 e. The van der Waals surface area contributed by atoms with Crippen molar-refractivity contribution in [1.82, 2.24) is 0 Å². The molecular formula is C21H25NO2S. The van der Waals surface area contributed by atoms with Crippen LogP contribution in [0.3, 0.4) is 0 Å². The molecule has 0 unspecified atom stereocenters. The number of aryl methyl sites for hydroxylation is 2. The molecule has 2 aromatic carbocycles. The van der Waals surface area contributed by atoms with Crippen LogP contribution in [0, 0.1) is 13.8 Å². The third kappa shape index (κ3) is 4.51. The van der Waals surface area contributed by atoms with Gasteiger partial charge in [0.15, 0.2) is 0 Å². The summed E-state index contributed by atoms with van der Waals surface area (Å²) in [6, 6.07) is 12.6. The molecule has 4 heteroatoms. The second-order valence-electron chi connectivity index (χ2n) is 6.55. The molecular weight excluding hydrogens is 330 g/mol. The third-order valence-electron chi connectivity index (χ3n) is 4.44. The summed E-state index contributed by atoms with van der Waals surface area (Å²) in [6.07, 6.45) is 2.49. The maximum absolute atomic E-state index is 6.15. The quantitative estimate of drug-likeness (QED) is 0.694. The van der Waals surface area contributed by atoms with Crippen molar-refractivity contribution >= 4 is 23.1 Å². The van der Waals surface area contributed by atoms with E-state index in [2.05, 4.69) is 43.4 Å². The number of hydrogen-bond donors (Lipinski definition) is 1. The van der Waals surface area contributed by atoms with Gasteiger partial charge in [-0.05, 0) is 75.0 Å². The number of thiocarbonyl (C=S) groups is 1. The van der Waals surface area contributed by atoms with Crippen molar-refractivity contribution in [2.24, 2.45) is 0 Å². The summed E-state index contributed by atoms with van der Waals surface area (Å²) in [4.78, 5) is 0. The molecule has 1 aliphatic rings. The van der Waals surface area contributed by atoms with Crippen LogP contribution in [-0.2, 0) is 11.3 Å². The van der Waals surface area contributed by atoms with Gasteiger partial charge in [-0.25, -0.2) is 0 Å². The van der Waals surface area contributed by atoms with Crippen molar-refractivity contribution in [3.63, 3.8) is 0 Å². The highest BCUT2D eigenvalue weighted by Crippen LogP contribution is 2.43. The third-order valence-corrected chi connectivity index (χ3v) is 4.66. The Kier molecular flexibility index (Phi) is 5.59. The van der Waals surface area contributed by atoms with Gasteiger partial charge in [-0.1, -0.05) is 29.8 Å². The molecule has 1 aliphatic carbocycles. The molecule has 0 atom stereocenters. The fourth-order valence-electron chi connectivity index (χ4n) is 3.05. The lowest BCUT2D eigenvalue weighted by Crippen LogP contribution is -2.15. The van der Waals surface area contributed by atoms with Gasteiger partial charge in [0.2, 0.25) is 0 Å². The van der Waals surface area contributed by atoms with Crippen molar-refractivity contribution in [2.75, 3.05) is 11.9 Å². The van der Waals surface area contributed by atoms with Crippen molar-refractivity contribution in [3.8, 4) is 5.75 Å². The SMILES string of the molecule is CCOC(=S)Nc1cccc(C2CC2)c1COc1ccc(C)cc1C. The van der Waals surface area contributed by atoms with Gasteiger partial charge in [0.1, 0.15) is 12.4 Å². The highest BCUT2D eigenvalue weighted by Gasteiger charge is 2.27. The summed E-state index contributed by atoms with van der Waals surface area (Å²) in [5.41, 5.74) is 5.91. The molecule has 1 N–H and O–H groups in total. The molecule has 25 heavy (non-hydrogen) atoms. The fourth-order valence-corrected chi connectivity index (χ4v) is 3.28. The van der Waals surface area contributed by atoms with Gasteiger partial charge in [-0.15, -0.1) is 0 Å². The smallest absolute Gasteiger partial charge is 0.261 e. The summed E-state index contributed by atoms with van der Waals surface area (Å²) < 4.78 is 11.5. The van der Waals surface area contributed by atoms with Gasteiger partial charge < -0.3 is 14.8 Å². The molecule has 0 bridgehead atoms. The first-order valence-corrected chi connectivity index (χ1v) is 9.25. The molecule has 0 heterocycles. The van der Waals surface area contributed by atoms with E-state index in [0.717, 1.165) is 17.0 Å². The van der Waals surface area contributed by atoms with E-state index >= 15 is 0 Å². The van der Waals surface area contributed by atoms with Crippen LogP contribution in [0.25, 0.3) is 0 Å². The van der Waals surface area contributed by atoms with E-state index in [1.54, 1.807) is 0 Å². The number of nitrogens with one attached hydrogen (secondary N) is 1. The van der Waals surface area contributed by atoms with Gasteiger partial charge in [0.05, 0.1) is 6.61 Å². The van der Waals surface area contributed by atoms with Crippen molar-refractivity contribution in [1.29, 1.82) is 0 Å². The Bertz CT molecular complexity index is 768. The molecule has 1 fully saturated rings. The molecule has 0 saturated heterocycles. The van der Waals surface area contributed by atoms with Crippen LogP contribution in [0.5, 0.6) is 5.75 Å². The van der Waals surface area contributed by atoms with E-state index in [4.69, 9.17) is 21.7 Å². The second-order valence-corrected chi connectivity index (χ2v) is 6.92. The van der Waals surface area contributed by atoms with Crippen LogP contribution in [0.1, 0.15) is 47.9 Å². The molecule has 2 aromatic rings. The zero-order chi connectivity index (χ0) is 17.8. The molecule has 0 aromatic heterocycles. The average molecular weight is 356 g/mol. The highest BCUT2D eigenvalue weighted by molar-refractivity contribution is 7.80. The van der Waals surface area contributed by atoms with Crippen molar-refractivity contribution < 1.29 is 9.47 Å². The van der Waals surface area contributed by atoms with E-state index in [1.807, 2.05) is 19.1 Å². The van der Waals surface area contributed by atoms with E-state index in [0.29, 0.717) is 24.3 Å². The topological polar surface area (TPSA) is 30.5 Å². The van der Waals surface area contributed by atoms with Gasteiger partial charge in [0.25, 0.3) is 5.17 Å². The lowest BCUT2D eigenvalue weighted by Gasteiger charge is -2.18. The normalized spacial score (nSPS) is 13.4. The first-order valence-electron chi connectivity index (χ1n) is 8.84. The molecule has 1 saturated carbocycles. The highest BCUT2D eigenvalue weighted by atomic mass is 32.1. The number of hydrogen-bond acceptors (Lipinski definition) is 3. The van der Waals surface area contributed by atoms with E-state index < -0.39 is 0 Å². The monoisotopic (exact) mass is 355 g/mol. The largest absolute Gasteiger partial charge is 0.489 e. The first kappa shape index (κ1) is 17.7. The zero-order valence-corrected chi connectivity index (χ0v) is 15.9. The first-order chi connectivity index (χ1) is 12.1. The van der Waals surface area contributed by atoms with Crippen LogP contribution in [0.4, 0.5) is 5.69 Å². The van der Waals surface area contributed by atoms with Crippen molar-refractivity contribution in [3.05, 3.63) is 58.7 Å². The standard InChI is InChI=1S/C21H25NO2S/c1-4-23-21(25)22-19-7-5-6-17(16-9-10-16)18(19)13-24-20-11-8-14(2)12-15(20)3/h5-8,11-12,16H,4,9-10,13H2,1-3H3,(H,22,25). The lowest BCUT2D eigenvalue weighted by molar-refractivity contribution is 0.303. The molecule has 0 spiro atoms. The summed E-state index contributed by atoms with van der Waals surface area (Å²) in [6.45, 7) is 7.18. The number of benzene rings is 2. The summed E-state index contributed by atoms with van der Waals surface area (Å²) in [5, 5.41) is 3.63. The Morgan fingerprint density at radius 3 is 2.68 bits per heavy atom. The van der Waals surface area contributed by atoms with Gasteiger partial charge in [-0.3, -0.25) is 0 Å². The molecule has 132 valence electrons. The minimum absolute atomic E-state index is 0.406. The predicted octanol–water partition coefficient (Wildman–Crippen LogP) is 5.49. The van der Waals surface area contributed by atoms with E-state index in [-0.39, 0.29) is 0 Å². The summed E-state index contributed by atoms with van der Waals surface area (Å²) >= 11 is 5.26. The predicted molar refractivity (Wildman–Crippen MR) is 107 cm³/mol. The molecule has 0 amide bonds. The Morgan fingerprint density at radius 2 is 2.00 bits per heavy atom. The van der Waals surface area contributed by atoms with Gasteiger partial charge >= 0.3 is 0 Å². The Balaban J connectivity index is 1.83. The zero-order valence-electron chi connectivity index (χ0n) is 15.1. The van der Waals surface area contributed by atoms with Crippen LogP contribution < -0.4 is 10.1 Å². The van der Waals surface area contributed by atoms with Gasteiger partial charge in [-0.2, -0.15) is 0 Å². The van der Waals surface area contributed by atoms with Crippen LogP contribution in [0.15, 0.2) is 36.4 Å². The molecule has 3 nitrogen and oxygen atoms in total. The maximum atomic E-state index is 6.15. The summed E-state index contributed by atoms with van der Waals surface area (Å²) in [7, 11) is 0. The molecule has 0 aliphatic heterocycles. The minimum atomic E-state index is 0.406. The number of ether oxygens (including phenoxy) is 2. The maximum Gasteiger partial charge on any atom is 0.261 e. The van der Waals surface area contributed by atoms with Gasteiger partial charge in [0, 0.05) is 11.3 Å². The molecule has 0 radical (unpaired) electrons.